The van der Waals surface area contributed by atoms with E-state index in [0.29, 0.717) is 6.54 Å². The lowest BCUT2D eigenvalue weighted by Gasteiger charge is -2.22. The van der Waals surface area contributed by atoms with Crippen LogP contribution in [0.2, 0.25) is 0 Å². The molecule has 2 atom stereocenters. The molecular formula is C13H18BrNO2. The summed E-state index contributed by atoms with van der Waals surface area (Å²) in [6.45, 7) is 5.13. The first kappa shape index (κ1) is 12.9. The van der Waals surface area contributed by atoms with E-state index in [9.17, 15) is 10.2 Å². The maximum absolute atomic E-state index is 9.96. The summed E-state index contributed by atoms with van der Waals surface area (Å²) in [7, 11) is 0. The molecule has 94 valence electrons. The van der Waals surface area contributed by atoms with Crippen LogP contribution in [0.3, 0.4) is 0 Å². The average Bonchev–Trinajstić information content (AvgIpc) is 2.58. The van der Waals surface area contributed by atoms with Crippen molar-refractivity contribution < 1.29 is 10.2 Å². The normalized spacial score (nSPS) is 26.3. The van der Waals surface area contributed by atoms with Crippen LogP contribution in [0.25, 0.3) is 0 Å². The standard InChI is InChI=1S/C13H18BrNO2/c1-9(16)10-3-4-12(11(14)7-10)15-6-5-13(2,17)8-15/h3-4,7,9,16-17H,5-6,8H2,1-2H3/t9-,13?/m0/s1. The molecule has 0 aliphatic carbocycles. The largest absolute Gasteiger partial charge is 0.389 e. The number of rotatable bonds is 2. The van der Waals surface area contributed by atoms with Gasteiger partial charge in [-0.05, 0) is 53.9 Å². The molecule has 4 heteroatoms. The van der Waals surface area contributed by atoms with E-state index in [1.54, 1.807) is 6.92 Å². The van der Waals surface area contributed by atoms with Crippen LogP contribution < -0.4 is 4.90 Å². The molecular weight excluding hydrogens is 282 g/mol. The number of aliphatic hydroxyl groups is 2. The molecule has 0 radical (unpaired) electrons. The van der Waals surface area contributed by atoms with Gasteiger partial charge in [0.25, 0.3) is 0 Å². The van der Waals surface area contributed by atoms with Gasteiger partial charge < -0.3 is 15.1 Å². The molecule has 1 fully saturated rings. The van der Waals surface area contributed by atoms with Crippen molar-refractivity contribution in [3.63, 3.8) is 0 Å². The Labute approximate surface area is 110 Å². The number of aliphatic hydroxyl groups excluding tert-OH is 1. The van der Waals surface area contributed by atoms with Crippen molar-refractivity contribution in [2.24, 2.45) is 0 Å². The lowest BCUT2D eigenvalue weighted by molar-refractivity contribution is 0.0839. The van der Waals surface area contributed by atoms with Crippen molar-refractivity contribution in [1.82, 2.24) is 0 Å². The Morgan fingerprint density at radius 3 is 2.65 bits per heavy atom. The van der Waals surface area contributed by atoms with E-state index < -0.39 is 11.7 Å². The highest BCUT2D eigenvalue weighted by molar-refractivity contribution is 9.10. The van der Waals surface area contributed by atoms with Crippen LogP contribution in [0.4, 0.5) is 5.69 Å². The monoisotopic (exact) mass is 299 g/mol. The van der Waals surface area contributed by atoms with E-state index >= 15 is 0 Å². The topological polar surface area (TPSA) is 43.7 Å². The Morgan fingerprint density at radius 2 is 2.18 bits per heavy atom. The van der Waals surface area contributed by atoms with Crippen LogP contribution in [-0.2, 0) is 0 Å². The molecule has 0 saturated carbocycles. The quantitative estimate of drug-likeness (QED) is 0.882. The van der Waals surface area contributed by atoms with E-state index in [1.807, 2.05) is 25.1 Å². The molecule has 1 aromatic carbocycles. The SMILES string of the molecule is C[C@H](O)c1ccc(N2CCC(C)(O)C2)c(Br)c1. The second-order valence-corrected chi connectivity index (χ2v) is 5.91. The van der Waals surface area contributed by atoms with Gasteiger partial charge in [0, 0.05) is 17.6 Å². The summed E-state index contributed by atoms with van der Waals surface area (Å²) >= 11 is 3.53. The van der Waals surface area contributed by atoms with Gasteiger partial charge in [-0.2, -0.15) is 0 Å². The molecule has 0 bridgehead atoms. The molecule has 0 amide bonds. The molecule has 3 nitrogen and oxygen atoms in total. The van der Waals surface area contributed by atoms with Gasteiger partial charge in [-0.15, -0.1) is 0 Å². The molecule has 17 heavy (non-hydrogen) atoms. The van der Waals surface area contributed by atoms with E-state index in [2.05, 4.69) is 20.8 Å². The van der Waals surface area contributed by atoms with E-state index in [1.165, 1.54) is 0 Å². The molecule has 1 aliphatic rings. The molecule has 2 rings (SSSR count). The number of hydrogen-bond acceptors (Lipinski definition) is 3. The third-order valence-corrected chi connectivity index (χ3v) is 3.88. The Morgan fingerprint density at radius 1 is 1.47 bits per heavy atom. The lowest BCUT2D eigenvalue weighted by Crippen LogP contribution is -2.29. The minimum atomic E-state index is -0.595. The third-order valence-electron chi connectivity index (χ3n) is 3.25. The van der Waals surface area contributed by atoms with Crippen molar-refractivity contribution in [3.05, 3.63) is 28.2 Å². The van der Waals surface area contributed by atoms with Gasteiger partial charge in [0.05, 0.1) is 17.4 Å². The van der Waals surface area contributed by atoms with Crippen molar-refractivity contribution >= 4 is 21.6 Å². The summed E-state index contributed by atoms with van der Waals surface area (Å²) in [5.74, 6) is 0. The first-order chi connectivity index (χ1) is 7.89. The van der Waals surface area contributed by atoms with Crippen molar-refractivity contribution in [2.75, 3.05) is 18.0 Å². The van der Waals surface area contributed by atoms with Crippen molar-refractivity contribution in [2.45, 2.75) is 32.0 Å². The van der Waals surface area contributed by atoms with E-state index in [-0.39, 0.29) is 0 Å². The Bertz CT molecular complexity index is 418. The van der Waals surface area contributed by atoms with Gasteiger partial charge >= 0.3 is 0 Å². The Hall–Kier alpha value is -0.580. The van der Waals surface area contributed by atoms with Crippen molar-refractivity contribution in [3.8, 4) is 0 Å². The first-order valence-corrected chi connectivity index (χ1v) is 6.63. The fraction of sp³-hybridized carbons (Fsp3) is 0.538. The van der Waals surface area contributed by atoms with Gasteiger partial charge in [-0.3, -0.25) is 0 Å². The molecule has 1 heterocycles. The Balaban J connectivity index is 2.23. The van der Waals surface area contributed by atoms with Gasteiger partial charge in [0.1, 0.15) is 0 Å². The maximum Gasteiger partial charge on any atom is 0.0810 e. The highest BCUT2D eigenvalue weighted by Gasteiger charge is 2.32. The first-order valence-electron chi connectivity index (χ1n) is 5.84. The molecule has 1 saturated heterocycles. The number of β-amino-alcohol motifs (C(OH)–C–C–N with tert-alkyl or cyclic N) is 1. The number of anilines is 1. The number of nitrogens with zero attached hydrogens (tertiary/aromatic N) is 1. The van der Waals surface area contributed by atoms with Crippen LogP contribution in [0.1, 0.15) is 31.9 Å². The minimum Gasteiger partial charge on any atom is -0.389 e. The fourth-order valence-corrected chi connectivity index (χ4v) is 2.84. The summed E-state index contributed by atoms with van der Waals surface area (Å²) < 4.78 is 0.966. The number of hydrogen-bond donors (Lipinski definition) is 2. The summed E-state index contributed by atoms with van der Waals surface area (Å²) in [6.07, 6.45) is 0.333. The van der Waals surface area contributed by atoms with Crippen LogP contribution in [-0.4, -0.2) is 28.9 Å². The molecule has 0 aromatic heterocycles. The summed E-state index contributed by atoms with van der Waals surface area (Å²) in [6, 6.07) is 5.86. The second kappa shape index (κ2) is 4.59. The van der Waals surface area contributed by atoms with E-state index in [4.69, 9.17) is 0 Å². The van der Waals surface area contributed by atoms with Gasteiger partial charge in [-0.1, -0.05) is 6.07 Å². The van der Waals surface area contributed by atoms with Crippen LogP contribution >= 0.6 is 15.9 Å². The second-order valence-electron chi connectivity index (χ2n) is 5.06. The maximum atomic E-state index is 9.96. The van der Waals surface area contributed by atoms with Crippen LogP contribution in [0, 0.1) is 0 Å². The molecule has 2 N–H and O–H groups in total. The molecule has 1 aromatic rings. The van der Waals surface area contributed by atoms with Crippen LogP contribution in [0.15, 0.2) is 22.7 Å². The lowest BCUT2D eigenvalue weighted by atomic mass is 10.1. The highest BCUT2D eigenvalue weighted by Crippen LogP contribution is 2.33. The van der Waals surface area contributed by atoms with Crippen molar-refractivity contribution in [1.29, 1.82) is 0 Å². The highest BCUT2D eigenvalue weighted by atomic mass is 79.9. The molecule has 0 spiro atoms. The smallest absolute Gasteiger partial charge is 0.0810 e. The molecule has 1 unspecified atom stereocenters. The van der Waals surface area contributed by atoms with Gasteiger partial charge in [0.15, 0.2) is 0 Å². The van der Waals surface area contributed by atoms with Crippen LogP contribution in [0.5, 0.6) is 0 Å². The summed E-state index contributed by atoms with van der Waals surface area (Å²) in [4.78, 5) is 2.16. The zero-order valence-corrected chi connectivity index (χ0v) is 11.7. The van der Waals surface area contributed by atoms with Gasteiger partial charge in [-0.25, -0.2) is 0 Å². The third kappa shape index (κ3) is 2.81. The fourth-order valence-electron chi connectivity index (χ4n) is 2.19. The predicted molar refractivity (Wildman–Crippen MR) is 72.2 cm³/mol. The number of halogens is 1. The Kier molecular flexibility index (Phi) is 3.48. The molecule has 1 aliphatic heterocycles. The minimum absolute atomic E-state index is 0.456. The average molecular weight is 300 g/mol. The number of benzene rings is 1. The predicted octanol–water partition coefficient (Wildman–Crippen LogP) is 2.46. The summed E-state index contributed by atoms with van der Waals surface area (Å²) in [5.41, 5.74) is 1.38. The van der Waals surface area contributed by atoms with E-state index in [0.717, 1.165) is 28.7 Å². The zero-order valence-electron chi connectivity index (χ0n) is 10.2. The summed E-state index contributed by atoms with van der Waals surface area (Å²) in [5, 5.41) is 19.5. The zero-order chi connectivity index (χ0) is 12.6. The van der Waals surface area contributed by atoms with Gasteiger partial charge in [0.2, 0.25) is 0 Å².